The molecule has 0 aliphatic heterocycles. The number of rotatable bonds is 7. The van der Waals surface area contributed by atoms with E-state index in [9.17, 15) is 9.59 Å². The van der Waals surface area contributed by atoms with Gasteiger partial charge in [0.2, 0.25) is 5.91 Å². The Hall–Kier alpha value is -3.98. The number of aromatic nitrogens is 3. The summed E-state index contributed by atoms with van der Waals surface area (Å²) in [5, 5.41) is 9.38. The molecule has 0 unspecified atom stereocenters. The average molecular weight is 434 g/mol. The summed E-state index contributed by atoms with van der Waals surface area (Å²) < 4.78 is 10.4. The smallest absolute Gasteiger partial charge is 0.439 e. The predicted molar refractivity (Wildman–Crippen MR) is 118 cm³/mol. The Morgan fingerprint density at radius 3 is 2.90 bits per heavy atom. The fourth-order valence-corrected chi connectivity index (χ4v) is 3.42. The van der Waals surface area contributed by atoms with E-state index < -0.39 is 5.76 Å². The predicted octanol–water partition coefficient (Wildman–Crippen LogP) is 4.03. The zero-order valence-corrected chi connectivity index (χ0v) is 17.3. The molecule has 4 aromatic rings. The summed E-state index contributed by atoms with van der Waals surface area (Å²) in [7, 11) is 0. The maximum absolute atomic E-state index is 12.4. The average Bonchev–Trinajstić information content (AvgIpc) is 3.39. The van der Waals surface area contributed by atoms with Crippen molar-refractivity contribution in [2.24, 2.45) is 0 Å². The van der Waals surface area contributed by atoms with Crippen molar-refractivity contribution in [2.75, 3.05) is 5.32 Å². The molecule has 8 nitrogen and oxygen atoms in total. The molecule has 0 fully saturated rings. The molecule has 0 saturated heterocycles. The number of ether oxygens (including phenoxy) is 1. The highest BCUT2D eigenvalue weighted by Crippen LogP contribution is 2.22. The van der Waals surface area contributed by atoms with Crippen LogP contribution in [0.15, 0.2) is 69.3 Å². The lowest BCUT2D eigenvalue weighted by Crippen LogP contribution is -2.07. The molecular weight excluding hydrogens is 416 g/mol. The van der Waals surface area contributed by atoms with Crippen LogP contribution in [0.5, 0.6) is 5.75 Å². The summed E-state index contributed by atoms with van der Waals surface area (Å²) >= 11 is 1.57. The quantitative estimate of drug-likeness (QED) is 0.425. The molecule has 0 aliphatic carbocycles. The molecule has 0 aliphatic rings. The fraction of sp³-hybridized carbons (Fsp3) is 0.0909. The zero-order valence-electron chi connectivity index (χ0n) is 16.5. The number of thiazole rings is 1. The molecule has 31 heavy (non-hydrogen) atoms. The monoisotopic (exact) mass is 434 g/mol. The van der Waals surface area contributed by atoms with E-state index >= 15 is 0 Å². The van der Waals surface area contributed by atoms with Crippen molar-refractivity contribution < 1.29 is 14.1 Å². The van der Waals surface area contributed by atoms with Gasteiger partial charge < -0.3 is 10.1 Å². The van der Waals surface area contributed by atoms with E-state index in [0.717, 1.165) is 16.3 Å². The number of amides is 1. The molecule has 0 radical (unpaired) electrons. The van der Waals surface area contributed by atoms with Gasteiger partial charge in [-0.2, -0.15) is 0 Å². The Kier molecular flexibility index (Phi) is 6.04. The summed E-state index contributed by atoms with van der Waals surface area (Å²) in [6.07, 6.45) is 3.12. The maximum Gasteiger partial charge on any atom is 0.439 e. The Morgan fingerprint density at radius 2 is 2.13 bits per heavy atom. The number of aryl methyl sites for hydroxylation is 1. The molecular formula is C22H18N4O4S. The highest BCUT2D eigenvalue weighted by atomic mass is 32.1. The largest absolute Gasteiger partial charge is 0.487 e. The summed E-state index contributed by atoms with van der Waals surface area (Å²) in [6.45, 7) is 2.31. The first-order chi connectivity index (χ1) is 15.1. The number of carbonyl (C=O) groups excluding carboxylic acids is 1. The molecule has 2 aromatic carbocycles. The van der Waals surface area contributed by atoms with Crippen LogP contribution in [-0.4, -0.2) is 21.0 Å². The van der Waals surface area contributed by atoms with Gasteiger partial charge in [0, 0.05) is 28.3 Å². The molecule has 0 atom stereocenters. The first-order valence-electron chi connectivity index (χ1n) is 9.35. The Morgan fingerprint density at radius 1 is 1.26 bits per heavy atom. The van der Waals surface area contributed by atoms with Crippen LogP contribution in [0.25, 0.3) is 17.5 Å². The molecule has 2 N–H and O–H groups in total. The van der Waals surface area contributed by atoms with Crippen LogP contribution in [0.4, 0.5) is 5.69 Å². The minimum absolute atomic E-state index is 0.290. The SMILES string of the molecule is Cc1nc(COc2ccccc2/C=C/C(=O)Nc2cccc(-c3noc(=O)[nH]3)c2)cs1. The number of hydrogen-bond donors (Lipinski definition) is 2. The van der Waals surface area contributed by atoms with Crippen molar-refractivity contribution in [3.63, 3.8) is 0 Å². The van der Waals surface area contributed by atoms with E-state index in [4.69, 9.17) is 4.74 Å². The standard InChI is InChI=1S/C22H18N4O4S/c1-14-23-18(13-31-14)12-29-19-8-3-2-5-15(19)9-10-20(27)24-17-7-4-6-16(11-17)21-25-22(28)30-26-21/h2-11,13H,12H2,1H3,(H,24,27)(H,25,26,28)/b10-9+. The van der Waals surface area contributed by atoms with Gasteiger partial charge in [-0.05, 0) is 31.2 Å². The number of nitrogens with one attached hydrogen (secondary N) is 2. The molecule has 9 heteroatoms. The second kappa shape index (κ2) is 9.23. The summed E-state index contributed by atoms with van der Waals surface area (Å²) in [5.74, 6) is 0.00102. The number of benzene rings is 2. The highest BCUT2D eigenvalue weighted by Gasteiger charge is 2.07. The highest BCUT2D eigenvalue weighted by molar-refractivity contribution is 7.09. The van der Waals surface area contributed by atoms with E-state index in [1.54, 1.807) is 41.7 Å². The lowest BCUT2D eigenvalue weighted by molar-refractivity contribution is -0.111. The second-order valence-corrected chi connectivity index (χ2v) is 7.59. The lowest BCUT2D eigenvalue weighted by Gasteiger charge is -2.08. The number of nitrogens with zero attached hydrogens (tertiary/aromatic N) is 2. The van der Waals surface area contributed by atoms with Gasteiger partial charge in [0.25, 0.3) is 0 Å². The van der Waals surface area contributed by atoms with E-state index in [-0.39, 0.29) is 11.7 Å². The van der Waals surface area contributed by atoms with Crippen molar-refractivity contribution >= 4 is 29.0 Å². The van der Waals surface area contributed by atoms with Gasteiger partial charge in [-0.1, -0.05) is 35.5 Å². The first kappa shape index (κ1) is 20.3. The number of anilines is 1. The van der Waals surface area contributed by atoms with Crippen LogP contribution in [-0.2, 0) is 11.4 Å². The van der Waals surface area contributed by atoms with Crippen molar-refractivity contribution in [3.05, 3.63) is 86.8 Å². The zero-order chi connectivity index (χ0) is 21.6. The minimum atomic E-state index is -0.641. The molecule has 0 bridgehead atoms. The Labute approximate surface area is 181 Å². The summed E-state index contributed by atoms with van der Waals surface area (Å²) in [4.78, 5) is 30.4. The van der Waals surface area contributed by atoms with E-state index in [0.29, 0.717) is 23.6 Å². The number of H-pyrrole nitrogens is 1. The van der Waals surface area contributed by atoms with Gasteiger partial charge in [0.1, 0.15) is 12.4 Å². The third kappa shape index (κ3) is 5.34. The Bertz CT molecular complexity index is 1290. The van der Waals surface area contributed by atoms with Crippen LogP contribution < -0.4 is 15.8 Å². The van der Waals surface area contributed by atoms with E-state index in [1.807, 2.05) is 36.6 Å². The number of hydrogen-bond acceptors (Lipinski definition) is 7. The third-order valence-corrected chi connectivity index (χ3v) is 5.04. The summed E-state index contributed by atoms with van der Waals surface area (Å²) in [6, 6.07) is 14.4. The van der Waals surface area contributed by atoms with E-state index in [2.05, 4.69) is 25.0 Å². The molecule has 4 rings (SSSR count). The van der Waals surface area contributed by atoms with Crippen LogP contribution >= 0.6 is 11.3 Å². The molecule has 0 spiro atoms. The number of carbonyl (C=O) groups is 1. The van der Waals surface area contributed by atoms with Gasteiger partial charge in [-0.15, -0.1) is 11.3 Å². The van der Waals surface area contributed by atoms with Crippen molar-refractivity contribution in [2.45, 2.75) is 13.5 Å². The van der Waals surface area contributed by atoms with Crippen LogP contribution in [0.3, 0.4) is 0 Å². The molecule has 1 amide bonds. The topological polar surface area (TPSA) is 110 Å². The number of para-hydroxylation sites is 1. The number of aromatic amines is 1. The van der Waals surface area contributed by atoms with E-state index in [1.165, 1.54) is 6.08 Å². The molecule has 0 saturated carbocycles. The van der Waals surface area contributed by atoms with Gasteiger partial charge in [-0.25, -0.2) is 9.78 Å². The van der Waals surface area contributed by atoms with Crippen LogP contribution in [0, 0.1) is 6.92 Å². The normalized spacial score (nSPS) is 11.0. The van der Waals surface area contributed by atoms with Gasteiger partial charge in [0.15, 0.2) is 5.82 Å². The van der Waals surface area contributed by atoms with Crippen LogP contribution in [0.1, 0.15) is 16.3 Å². The Balaban J connectivity index is 1.42. The van der Waals surface area contributed by atoms with Crippen molar-refractivity contribution in [1.29, 1.82) is 0 Å². The van der Waals surface area contributed by atoms with Crippen molar-refractivity contribution in [1.82, 2.24) is 15.1 Å². The fourth-order valence-electron chi connectivity index (χ4n) is 2.82. The summed E-state index contributed by atoms with van der Waals surface area (Å²) in [5.41, 5.74) is 2.81. The third-order valence-electron chi connectivity index (χ3n) is 4.22. The van der Waals surface area contributed by atoms with Gasteiger partial charge in [0.05, 0.1) is 10.7 Å². The van der Waals surface area contributed by atoms with Gasteiger partial charge in [-0.3, -0.25) is 14.3 Å². The lowest BCUT2D eigenvalue weighted by atomic mass is 10.1. The van der Waals surface area contributed by atoms with Gasteiger partial charge >= 0.3 is 5.76 Å². The second-order valence-electron chi connectivity index (χ2n) is 6.53. The molecule has 156 valence electrons. The molecule has 2 aromatic heterocycles. The van der Waals surface area contributed by atoms with Crippen LogP contribution in [0.2, 0.25) is 0 Å². The molecule has 2 heterocycles. The minimum Gasteiger partial charge on any atom is -0.487 e. The van der Waals surface area contributed by atoms with Crippen molar-refractivity contribution in [3.8, 4) is 17.1 Å². The maximum atomic E-state index is 12.4. The first-order valence-corrected chi connectivity index (χ1v) is 10.2.